The number of carbonyl (C=O) groups excluding carboxylic acids is 2. The predicted octanol–water partition coefficient (Wildman–Crippen LogP) is 20.6. The summed E-state index contributed by atoms with van der Waals surface area (Å²) in [6, 6.07) is -0.630. The summed E-state index contributed by atoms with van der Waals surface area (Å²) < 4.78 is 5.49. The summed E-state index contributed by atoms with van der Waals surface area (Å²) in [6.07, 6.45) is 76.6. The van der Waals surface area contributed by atoms with E-state index in [2.05, 4.69) is 31.3 Å². The largest absolute Gasteiger partial charge is 0.466 e. The van der Waals surface area contributed by atoms with E-state index in [1.807, 2.05) is 6.08 Å². The van der Waals surface area contributed by atoms with Crippen LogP contribution in [0.15, 0.2) is 24.3 Å². The SMILES string of the molecule is CCCCCCCCCCCCCCCC/C=C/C(O)C(CO)NC(=O)CCCCCCCCCCC/C=C\CCCCCCCCCCCCCCOC(=O)CCCCCCCCCCCCCCCC. The van der Waals surface area contributed by atoms with Gasteiger partial charge in [0.05, 0.1) is 25.4 Å². The highest BCUT2D eigenvalue weighted by atomic mass is 16.5. The van der Waals surface area contributed by atoms with Crippen molar-refractivity contribution in [3.63, 3.8) is 0 Å². The van der Waals surface area contributed by atoms with E-state index in [4.69, 9.17) is 4.74 Å². The maximum absolute atomic E-state index is 12.5. The summed E-state index contributed by atoms with van der Waals surface area (Å²) in [4.78, 5) is 24.5. The molecule has 0 saturated carbocycles. The Kier molecular flexibility index (Phi) is 60.5. The lowest BCUT2D eigenvalue weighted by Crippen LogP contribution is -2.45. The van der Waals surface area contributed by atoms with Crippen molar-refractivity contribution in [1.29, 1.82) is 0 Å². The molecule has 0 aliphatic carbocycles. The Morgan fingerprint density at radius 3 is 0.986 bits per heavy atom. The van der Waals surface area contributed by atoms with Gasteiger partial charge >= 0.3 is 5.97 Å². The number of hydrogen-bond donors (Lipinski definition) is 3. The first-order valence-electron chi connectivity index (χ1n) is 32.6. The molecule has 0 aromatic rings. The Hall–Kier alpha value is -1.66. The van der Waals surface area contributed by atoms with Gasteiger partial charge in [0.1, 0.15) is 0 Å². The fraction of sp³-hybridized carbons (Fsp3) is 0.909. The predicted molar refractivity (Wildman–Crippen MR) is 315 cm³/mol. The molecule has 0 saturated heterocycles. The van der Waals surface area contributed by atoms with Gasteiger partial charge in [0.15, 0.2) is 0 Å². The number of ether oxygens (including phenoxy) is 1. The normalized spacial score (nSPS) is 12.7. The van der Waals surface area contributed by atoms with Crippen LogP contribution in [0.4, 0.5) is 0 Å². The van der Waals surface area contributed by atoms with Crippen molar-refractivity contribution in [3.8, 4) is 0 Å². The van der Waals surface area contributed by atoms with Crippen molar-refractivity contribution in [2.24, 2.45) is 0 Å². The van der Waals surface area contributed by atoms with Gasteiger partial charge in [-0.25, -0.2) is 0 Å². The summed E-state index contributed by atoms with van der Waals surface area (Å²) in [5.74, 6) is -0.0531. The molecule has 0 heterocycles. The maximum atomic E-state index is 12.5. The van der Waals surface area contributed by atoms with Crippen molar-refractivity contribution in [2.75, 3.05) is 13.2 Å². The number of rotatable bonds is 61. The van der Waals surface area contributed by atoms with E-state index in [0.717, 1.165) is 38.5 Å². The molecular weight excluding hydrogens is 887 g/mol. The number of aliphatic hydroxyl groups excluding tert-OH is 2. The second-order valence-electron chi connectivity index (χ2n) is 22.5. The number of nitrogens with one attached hydrogen (secondary N) is 1. The average molecular weight is 1010 g/mol. The topological polar surface area (TPSA) is 95.9 Å². The Morgan fingerprint density at radius 2 is 0.653 bits per heavy atom. The summed E-state index contributed by atoms with van der Waals surface area (Å²) in [5.41, 5.74) is 0. The van der Waals surface area contributed by atoms with E-state index >= 15 is 0 Å². The number of hydrogen-bond acceptors (Lipinski definition) is 5. The molecule has 6 heteroatoms. The van der Waals surface area contributed by atoms with Gasteiger partial charge in [0.2, 0.25) is 5.91 Å². The molecule has 2 unspecified atom stereocenters. The van der Waals surface area contributed by atoms with Gasteiger partial charge in [-0.15, -0.1) is 0 Å². The van der Waals surface area contributed by atoms with Crippen molar-refractivity contribution in [3.05, 3.63) is 24.3 Å². The summed E-state index contributed by atoms with van der Waals surface area (Å²) in [5, 5.41) is 23.2. The minimum Gasteiger partial charge on any atom is -0.466 e. The van der Waals surface area contributed by atoms with Crippen LogP contribution in [0.25, 0.3) is 0 Å². The van der Waals surface area contributed by atoms with E-state index in [1.54, 1.807) is 6.08 Å². The summed E-state index contributed by atoms with van der Waals surface area (Å²) in [7, 11) is 0. The van der Waals surface area contributed by atoms with Crippen LogP contribution in [-0.4, -0.2) is 47.4 Å². The molecule has 0 aromatic heterocycles. The zero-order chi connectivity index (χ0) is 52.2. The first-order chi connectivity index (χ1) is 35.5. The minimum absolute atomic E-state index is 0.0157. The number of aliphatic hydroxyl groups is 2. The van der Waals surface area contributed by atoms with Gasteiger partial charge in [0, 0.05) is 12.8 Å². The van der Waals surface area contributed by atoms with Crippen molar-refractivity contribution in [1.82, 2.24) is 5.32 Å². The molecule has 426 valence electrons. The molecule has 2 atom stereocenters. The Labute approximate surface area is 450 Å². The fourth-order valence-electron chi connectivity index (χ4n) is 10.2. The van der Waals surface area contributed by atoms with E-state index in [9.17, 15) is 19.8 Å². The van der Waals surface area contributed by atoms with Crippen molar-refractivity contribution < 1.29 is 24.5 Å². The van der Waals surface area contributed by atoms with Gasteiger partial charge in [-0.1, -0.05) is 314 Å². The fourth-order valence-corrected chi connectivity index (χ4v) is 10.2. The van der Waals surface area contributed by atoms with Gasteiger partial charge in [-0.3, -0.25) is 9.59 Å². The molecule has 3 N–H and O–H groups in total. The summed E-state index contributed by atoms with van der Waals surface area (Å²) in [6.45, 7) is 4.93. The maximum Gasteiger partial charge on any atom is 0.305 e. The zero-order valence-electron chi connectivity index (χ0n) is 48.7. The molecular formula is C66H127NO5. The van der Waals surface area contributed by atoms with Crippen LogP contribution >= 0.6 is 0 Å². The highest BCUT2D eigenvalue weighted by Crippen LogP contribution is 2.18. The highest BCUT2D eigenvalue weighted by molar-refractivity contribution is 5.76. The molecule has 72 heavy (non-hydrogen) atoms. The third-order valence-electron chi connectivity index (χ3n) is 15.2. The van der Waals surface area contributed by atoms with Crippen LogP contribution in [0.5, 0.6) is 0 Å². The van der Waals surface area contributed by atoms with E-state index in [1.165, 1.54) is 295 Å². The lowest BCUT2D eigenvalue weighted by atomic mass is 10.0. The van der Waals surface area contributed by atoms with E-state index in [0.29, 0.717) is 19.4 Å². The number of esters is 1. The Morgan fingerprint density at radius 1 is 0.375 bits per heavy atom. The van der Waals surface area contributed by atoms with Crippen LogP contribution in [0.1, 0.15) is 361 Å². The zero-order valence-corrected chi connectivity index (χ0v) is 48.7. The van der Waals surface area contributed by atoms with Gasteiger partial charge in [-0.2, -0.15) is 0 Å². The van der Waals surface area contributed by atoms with Crippen LogP contribution in [0.2, 0.25) is 0 Å². The monoisotopic (exact) mass is 1010 g/mol. The number of allylic oxidation sites excluding steroid dienone is 3. The third-order valence-corrected chi connectivity index (χ3v) is 15.2. The van der Waals surface area contributed by atoms with Crippen molar-refractivity contribution in [2.45, 2.75) is 373 Å². The molecule has 1 amide bonds. The first-order valence-corrected chi connectivity index (χ1v) is 32.6. The second-order valence-corrected chi connectivity index (χ2v) is 22.5. The minimum atomic E-state index is -0.846. The molecule has 0 spiro atoms. The van der Waals surface area contributed by atoms with Crippen LogP contribution < -0.4 is 5.32 Å². The smallest absolute Gasteiger partial charge is 0.305 e. The molecule has 0 bridgehead atoms. The average Bonchev–Trinajstić information content (AvgIpc) is 3.38. The molecule has 0 fully saturated rings. The summed E-state index contributed by atoms with van der Waals surface area (Å²) >= 11 is 0. The van der Waals surface area contributed by atoms with Crippen LogP contribution in [-0.2, 0) is 14.3 Å². The Bertz CT molecular complexity index is 1120. The molecule has 6 nitrogen and oxygen atoms in total. The number of unbranched alkanes of at least 4 members (excludes halogenated alkanes) is 48. The number of amides is 1. The van der Waals surface area contributed by atoms with Crippen LogP contribution in [0, 0.1) is 0 Å². The lowest BCUT2D eigenvalue weighted by Gasteiger charge is -2.20. The van der Waals surface area contributed by atoms with Gasteiger partial charge in [-0.05, 0) is 57.8 Å². The number of carbonyl (C=O) groups is 2. The van der Waals surface area contributed by atoms with E-state index < -0.39 is 12.1 Å². The van der Waals surface area contributed by atoms with E-state index in [-0.39, 0.29) is 18.5 Å². The molecule has 0 aromatic carbocycles. The first kappa shape index (κ1) is 70.3. The standard InChI is InChI=1S/C66H127NO5/c1-3-5-7-9-11-13-15-17-19-31-34-38-42-46-50-54-58-64(69)63(62-68)67-65(70)59-55-51-47-43-39-35-32-29-27-25-23-21-20-22-24-26-28-30-33-37-41-45-49-53-57-61-72-66(71)60-56-52-48-44-40-36-18-16-14-12-10-8-6-4-2/h21,23,54,58,63-64,68-69H,3-20,22,24-53,55-57,59-62H2,1-2H3,(H,67,70)/b23-21-,58-54+. The van der Waals surface area contributed by atoms with Crippen molar-refractivity contribution >= 4 is 11.9 Å². The molecule has 0 aliphatic rings. The van der Waals surface area contributed by atoms with Gasteiger partial charge in [0.25, 0.3) is 0 Å². The quantitative estimate of drug-likeness (QED) is 0.0320. The molecule has 0 aliphatic heterocycles. The second kappa shape index (κ2) is 61.9. The van der Waals surface area contributed by atoms with Crippen LogP contribution in [0.3, 0.4) is 0 Å². The Balaban J connectivity index is 3.41. The highest BCUT2D eigenvalue weighted by Gasteiger charge is 2.18. The third kappa shape index (κ3) is 57.6. The molecule has 0 radical (unpaired) electrons. The molecule has 0 rings (SSSR count). The van der Waals surface area contributed by atoms with Gasteiger partial charge < -0.3 is 20.3 Å². The lowest BCUT2D eigenvalue weighted by molar-refractivity contribution is -0.143.